The van der Waals surface area contributed by atoms with Crippen molar-refractivity contribution < 1.29 is 63.5 Å². The average Bonchev–Trinajstić information content (AvgIpc) is 1.67. The zero-order valence-electron chi connectivity index (χ0n) is 50.2. The summed E-state index contributed by atoms with van der Waals surface area (Å²) in [5.74, 6) is -6.13. The number of nitrogens with two attached hydrogens (primary N) is 1. The summed E-state index contributed by atoms with van der Waals surface area (Å²) in [4.78, 5) is 144. The fraction of sp³-hybridized carbons (Fsp3) is 0.306. The number of primary amides is 1. The highest BCUT2D eigenvalue weighted by atomic mass is 32.1. The van der Waals surface area contributed by atoms with Crippen LogP contribution in [-0.4, -0.2) is 139 Å². The third-order valence-corrected chi connectivity index (χ3v) is 21.7. The molecule has 1 saturated heterocycles. The number of nitrogens with one attached hydrogen (secondary N) is 5. The number of aryl methyl sites for hydroxylation is 1. The van der Waals surface area contributed by atoms with Crippen molar-refractivity contribution in [1.29, 1.82) is 0 Å². The highest BCUT2D eigenvalue weighted by molar-refractivity contribution is 7.15. The van der Waals surface area contributed by atoms with Gasteiger partial charge < -0.3 is 57.1 Å². The molecule has 10 bridgehead atoms. The predicted molar refractivity (Wildman–Crippen MR) is 352 cm³/mol. The number of phenols is 1. The maximum Gasteiger partial charge on any atom is 0.413 e. The Balaban J connectivity index is 0.894. The number of hydrogen-bond donors (Lipinski definition) is 10. The number of ether oxygens (including phenoxy) is 1. The van der Waals surface area contributed by atoms with Crippen LogP contribution in [0.3, 0.4) is 0 Å². The van der Waals surface area contributed by atoms with Gasteiger partial charge in [-0.15, -0.1) is 68.0 Å². The number of carbonyl (C=O) groups excluding carboxylic acids is 7. The van der Waals surface area contributed by atoms with E-state index < -0.39 is 115 Å². The number of phenolic OH excluding ortho intramolecular Hbond substituents is 1. The number of amides is 7. The minimum atomic E-state index is -1.45. The molecule has 1 saturated carbocycles. The van der Waals surface area contributed by atoms with E-state index in [4.69, 9.17) is 30.4 Å². The van der Waals surface area contributed by atoms with Crippen molar-refractivity contribution in [1.82, 2.24) is 61.1 Å². The molecular weight excluding hydrogens is 1340 g/mol. The lowest BCUT2D eigenvalue weighted by Crippen LogP contribution is -2.50. The molecule has 1 aliphatic carbocycles. The summed E-state index contributed by atoms with van der Waals surface area (Å²) in [6.07, 6.45) is -2.55. The molecule has 95 heavy (non-hydrogen) atoms. The second-order valence-corrected chi connectivity index (χ2v) is 28.3. The van der Waals surface area contributed by atoms with Crippen molar-refractivity contribution in [2.75, 3.05) is 18.4 Å². The van der Waals surface area contributed by atoms with E-state index in [2.05, 4.69) is 41.5 Å². The molecular formula is C62H58N14O13S6. The number of hydrogen-bond acceptors (Lipinski definition) is 25. The Bertz CT molecular complexity index is 4390. The van der Waals surface area contributed by atoms with Crippen LogP contribution < -0.4 is 32.3 Å². The van der Waals surface area contributed by atoms with Gasteiger partial charge in [0.15, 0.2) is 0 Å². The Hall–Kier alpha value is -9.35. The molecule has 11 N–H and O–H groups in total. The predicted octanol–water partition coefficient (Wildman–Crippen LogP) is 7.60. The van der Waals surface area contributed by atoms with Gasteiger partial charge in [0.05, 0.1) is 42.8 Å². The lowest BCUT2D eigenvalue weighted by atomic mass is 9.87. The van der Waals surface area contributed by atoms with Gasteiger partial charge in [-0.2, -0.15) is 0 Å². The van der Waals surface area contributed by atoms with Crippen molar-refractivity contribution in [3.8, 4) is 49.1 Å². The zero-order chi connectivity index (χ0) is 66.8. The molecule has 9 aromatic rings. The number of aromatic nitrogens is 7. The fourth-order valence-corrected chi connectivity index (χ4v) is 16.5. The van der Waals surface area contributed by atoms with Gasteiger partial charge in [-0.05, 0) is 68.0 Å². The van der Waals surface area contributed by atoms with Gasteiger partial charge in [0.1, 0.15) is 100 Å². The summed E-state index contributed by atoms with van der Waals surface area (Å²) >= 11 is 6.76. The number of nitrogens with zero attached hydrogens (tertiary/aromatic N) is 8. The van der Waals surface area contributed by atoms with Gasteiger partial charge in [-0.25, -0.2) is 39.7 Å². The first-order chi connectivity index (χ1) is 45.7. The van der Waals surface area contributed by atoms with Crippen LogP contribution in [0.2, 0.25) is 0 Å². The Morgan fingerprint density at radius 1 is 0.695 bits per heavy atom. The summed E-state index contributed by atoms with van der Waals surface area (Å²) in [6, 6.07) is 13.3. The second-order valence-electron chi connectivity index (χ2n) is 22.7. The number of carboxylic acids is 1. The third kappa shape index (κ3) is 14.8. The molecule has 7 aromatic heterocycles. The Labute approximate surface area is 564 Å². The summed E-state index contributed by atoms with van der Waals surface area (Å²) < 4.78 is 5.61. The van der Waals surface area contributed by atoms with Gasteiger partial charge in [0, 0.05) is 56.2 Å². The van der Waals surface area contributed by atoms with E-state index in [1.807, 2.05) is 0 Å². The van der Waals surface area contributed by atoms with Gasteiger partial charge in [-0.3, -0.25) is 38.9 Å². The molecule has 0 radical (unpaired) electrons. The van der Waals surface area contributed by atoms with E-state index >= 15 is 0 Å². The van der Waals surface area contributed by atoms with Gasteiger partial charge in [0.25, 0.3) is 17.7 Å². The first kappa shape index (κ1) is 65.7. The summed E-state index contributed by atoms with van der Waals surface area (Å²) in [7, 11) is 0. The molecule has 9 heterocycles. The van der Waals surface area contributed by atoms with Crippen LogP contribution in [0.25, 0.3) is 43.4 Å². The van der Waals surface area contributed by atoms with Crippen LogP contribution in [-0.2, 0) is 30.3 Å². The minimum absolute atomic E-state index is 0.0361. The van der Waals surface area contributed by atoms with Gasteiger partial charge in [-0.1, -0.05) is 49.4 Å². The highest BCUT2D eigenvalue weighted by Crippen LogP contribution is 2.43. The number of rotatable bonds is 10. The lowest BCUT2D eigenvalue weighted by Gasteiger charge is -2.25. The number of carboxylic acid groups (broad SMARTS) is 1. The van der Waals surface area contributed by atoms with Crippen LogP contribution in [0.1, 0.15) is 126 Å². The number of aliphatic hydroxyl groups is 2. The number of aromatic hydroxyl groups is 1. The molecule has 3 aliphatic rings. The smallest absolute Gasteiger partial charge is 0.413 e. The number of benzene rings is 2. The number of thiazole rings is 6. The van der Waals surface area contributed by atoms with Crippen LogP contribution in [0.4, 0.5) is 10.6 Å². The maximum atomic E-state index is 14.5. The molecule has 33 heteroatoms. The quantitative estimate of drug-likeness (QED) is 0.0630. The molecule has 490 valence electrons. The number of pyridine rings is 1. The monoisotopic (exact) mass is 1400 g/mol. The van der Waals surface area contributed by atoms with Crippen molar-refractivity contribution in [2.24, 2.45) is 17.6 Å². The first-order valence-electron chi connectivity index (χ1n) is 29.6. The first-order valence-corrected chi connectivity index (χ1v) is 34.9. The fourth-order valence-electron chi connectivity index (χ4n) is 11.2. The van der Waals surface area contributed by atoms with Crippen LogP contribution >= 0.6 is 68.0 Å². The molecule has 2 aliphatic heterocycles. The Kier molecular flexibility index (Phi) is 19.6. The topological polar surface area (TPSA) is 406 Å². The van der Waals surface area contributed by atoms with Crippen LogP contribution in [0.5, 0.6) is 5.75 Å². The number of fused-ring (bicyclic) bond motifs is 16. The third-order valence-electron chi connectivity index (χ3n) is 16.2. The Morgan fingerprint density at radius 3 is 2.09 bits per heavy atom. The highest BCUT2D eigenvalue weighted by Gasteiger charge is 2.44. The van der Waals surface area contributed by atoms with E-state index in [1.165, 1.54) is 61.8 Å². The summed E-state index contributed by atoms with van der Waals surface area (Å²) in [6.45, 7) is 2.77. The molecule has 7 amide bonds. The number of anilines is 1. The van der Waals surface area contributed by atoms with Gasteiger partial charge >= 0.3 is 12.1 Å². The number of aliphatic carboxylic acids is 1. The number of carbonyl (C=O) groups is 8. The normalized spacial score (nSPS) is 21.5. The molecule has 27 nitrogen and oxygen atoms in total. The van der Waals surface area contributed by atoms with E-state index in [-0.39, 0.29) is 51.6 Å². The zero-order valence-corrected chi connectivity index (χ0v) is 55.1. The molecule has 2 aromatic carbocycles. The van der Waals surface area contributed by atoms with Crippen molar-refractivity contribution in [2.45, 2.75) is 94.9 Å². The van der Waals surface area contributed by atoms with Crippen LogP contribution in [0, 0.1) is 18.8 Å². The molecule has 0 spiro atoms. The lowest BCUT2D eigenvalue weighted by molar-refractivity contribution is -0.143. The maximum absolute atomic E-state index is 14.5. The SMILES string of the molecule is Cc1sc2nc1C(=O)N[C@@H]([C@H](O)c1ccccc1)c1nc(cs1)C(=O)N[C@@H](Cc1ccc(O)cc1)C(=O)NCC(=O)N1C[C@H](O)[C@H](C)[C@H]1c1nc(cs1)-c1nc(cs1)-c1nc(-c3nc(NC(=O)OC4CCC(C(=O)O)CC4)cs3)ccc1-c1nc(cs1)C(=O)N[C@H]2CC(N)=O. The van der Waals surface area contributed by atoms with Gasteiger partial charge in [0.2, 0.25) is 17.7 Å². The second kappa shape index (κ2) is 28.3. The van der Waals surface area contributed by atoms with E-state index in [1.54, 1.807) is 84.6 Å². The van der Waals surface area contributed by atoms with Crippen molar-refractivity contribution in [3.05, 3.63) is 142 Å². The number of aliphatic hydroxyl groups excluding tert-OH is 2. The average molecular weight is 1400 g/mol. The molecule has 0 unspecified atom stereocenters. The summed E-state index contributed by atoms with van der Waals surface area (Å²) in [5.41, 5.74) is 8.29. The molecule has 2 fully saturated rings. The van der Waals surface area contributed by atoms with E-state index in [9.17, 15) is 58.8 Å². The van der Waals surface area contributed by atoms with E-state index in [0.29, 0.717) is 90.1 Å². The molecule has 12 rings (SSSR count). The van der Waals surface area contributed by atoms with Crippen molar-refractivity contribution >= 4 is 121 Å². The summed E-state index contributed by atoms with van der Waals surface area (Å²) in [5, 5.41) is 66.5. The van der Waals surface area contributed by atoms with Crippen molar-refractivity contribution in [3.63, 3.8) is 0 Å². The molecule has 7 atom stereocenters. The Morgan fingerprint density at radius 2 is 1.35 bits per heavy atom. The largest absolute Gasteiger partial charge is 0.508 e. The minimum Gasteiger partial charge on any atom is -0.508 e. The van der Waals surface area contributed by atoms with Crippen LogP contribution in [0.15, 0.2) is 93.6 Å². The standard InChI is InChI=1S/C62H58N14O13S6/c1-27-42(78)21-76-45(80)20-64-51(82)36(18-29-8-12-32(77)13-9-29)66-52(83)40-24-92-59(70-40)48(50(81)30-6-4-3-5-7-30)74-54(85)46-28(2)95-58(75-46)37(19-43(63)79)67-53(84)39-23-90-55(69-39)34-16-17-35(65-47(34)38-22-91-57(68-38)41-25-93-60(71-41)49(27)76)56-72-44(26-94-56)73-62(88)89-33-14-10-31(11-15-33)61(86)87/h3-9,12-13,16-17,22-27,31,33,36-37,42,48-50,77-78,81H,10-11,14-15,18-21H2,1-2H3,(H2,63,79)(H,64,82)(H,66,83)(H,67,84)(H,73,88)(H,74,85)(H,86,87)/t27-,31?,33?,36-,37-,42-,48-,49-,50+/m0/s1. The van der Waals surface area contributed by atoms with E-state index in [0.717, 1.165) is 34.0 Å².